The minimum atomic E-state index is -0.681. The summed E-state index contributed by atoms with van der Waals surface area (Å²) in [7, 11) is 1.37. The Kier molecular flexibility index (Phi) is 6.72. The van der Waals surface area contributed by atoms with Gasteiger partial charge in [0, 0.05) is 12.0 Å². The zero-order chi connectivity index (χ0) is 23.4. The number of hydrogen-bond acceptors (Lipinski definition) is 8. The number of nitrogens with one attached hydrogen (secondary N) is 1. The van der Waals surface area contributed by atoms with E-state index in [1.165, 1.54) is 19.2 Å². The highest BCUT2D eigenvalue weighted by atomic mass is 16.6. The predicted octanol–water partition coefficient (Wildman–Crippen LogP) is 4.74. The molecule has 0 bridgehead atoms. The molecule has 168 valence electrons. The SMILES string of the molecule is CCOc1cc(C(=O)Nc2c(C)cccc2-c2nc(C(C)C)no2)c([N+](=O)[O-])cc1OC. The maximum absolute atomic E-state index is 13.2. The number of benzene rings is 2. The van der Waals surface area contributed by atoms with E-state index in [4.69, 9.17) is 14.0 Å². The van der Waals surface area contributed by atoms with Crippen LogP contribution in [-0.2, 0) is 0 Å². The van der Waals surface area contributed by atoms with Gasteiger partial charge in [-0.15, -0.1) is 0 Å². The first-order chi connectivity index (χ1) is 15.3. The third kappa shape index (κ3) is 4.53. The fourth-order valence-electron chi connectivity index (χ4n) is 3.08. The lowest BCUT2D eigenvalue weighted by Gasteiger charge is -2.14. The van der Waals surface area contributed by atoms with Crippen LogP contribution in [0.1, 0.15) is 48.4 Å². The first kappa shape index (κ1) is 22.7. The van der Waals surface area contributed by atoms with E-state index in [9.17, 15) is 14.9 Å². The summed E-state index contributed by atoms with van der Waals surface area (Å²) in [5.74, 6) is 0.555. The van der Waals surface area contributed by atoms with Gasteiger partial charge in [0.25, 0.3) is 17.5 Å². The van der Waals surface area contributed by atoms with Gasteiger partial charge in [-0.1, -0.05) is 31.1 Å². The molecule has 2 aromatic carbocycles. The molecule has 0 fully saturated rings. The van der Waals surface area contributed by atoms with Crippen molar-refractivity contribution >= 4 is 17.3 Å². The maximum atomic E-state index is 13.2. The number of anilines is 1. The molecule has 0 atom stereocenters. The van der Waals surface area contributed by atoms with Gasteiger partial charge < -0.3 is 19.3 Å². The number of rotatable bonds is 8. The monoisotopic (exact) mass is 440 g/mol. The van der Waals surface area contributed by atoms with E-state index in [1.807, 2.05) is 13.8 Å². The number of nitro benzene ring substituents is 1. The minimum Gasteiger partial charge on any atom is -0.493 e. The van der Waals surface area contributed by atoms with Gasteiger partial charge >= 0.3 is 0 Å². The van der Waals surface area contributed by atoms with Crippen LogP contribution in [0.5, 0.6) is 11.5 Å². The number of methoxy groups -OCH3 is 1. The lowest BCUT2D eigenvalue weighted by atomic mass is 10.1. The van der Waals surface area contributed by atoms with Crippen LogP contribution in [0.4, 0.5) is 11.4 Å². The van der Waals surface area contributed by atoms with Crippen LogP contribution in [0.3, 0.4) is 0 Å². The van der Waals surface area contributed by atoms with Gasteiger partial charge in [0.15, 0.2) is 17.3 Å². The summed E-state index contributed by atoms with van der Waals surface area (Å²) < 4.78 is 16.0. The summed E-state index contributed by atoms with van der Waals surface area (Å²) in [6.45, 7) is 7.73. The maximum Gasteiger partial charge on any atom is 0.286 e. The van der Waals surface area contributed by atoms with Crippen LogP contribution in [-0.4, -0.2) is 34.7 Å². The Morgan fingerprint density at radius 2 is 2.03 bits per heavy atom. The summed E-state index contributed by atoms with van der Waals surface area (Å²) in [6, 6.07) is 7.80. The molecule has 0 aliphatic rings. The largest absolute Gasteiger partial charge is 0.493 e. The average molecular weight is 440 g/mol. The Bertz CT molecular complexity index is 1160. The highest BCUT2D eigenvalue weighted by molar-refractivity contribution is 6.09. The van der Waals surface area contributed by atoms with Crippen molar-refractivity contribution < 1.29 is 23.7 Å². The van der Waals surface area contributed by atoms with Gasteiger partial charge in [0.1, 0.15) is 5.56 Å². The molecule has 1 heterocycles. The third-order valence-corrected chi connectivity index (χ3v) is 4.72. The summed E-state index contributed by atoms with van der Waals surface area (Å²) >= 11 is 0. The zero-order valence-electron chi connectivity index (χ0n) is 18.5. The molecule has 10 nitrogen and oxygen atoms in total. The highest BCUT2D eigenvalue weighted by Gasteiger charge is 2.26. The van der Waals surface area contributed by atoms with Crippen molar-refractivity contribution in [2.75, 3.05) is 19.0 Å². The Morgan fingerprint density at radius 3 is 2.62 bits per heavy atom. The summed E-state index contributed by atoms with van der Waals surface area (Å²) in [4.78, 5) is 28.6. The molecule has 0 saturated heterocycles. The van der Waals surface area contributed by atoms with Crippen LogP contribution >= 0.6 is 0 Å². The number of ether oxygens (including phenoxy) is 2. The van der Waals surface area contributed by atoms with Gasteiger partial charge in [-0.2, -0.15) is 4.98 Å². The molecule has 0 aliphatic heterocycles. The van der Waals surface area contributed by atoms with Crippen molar-refractivity contribution in [1.82, 2.24) is 10.1 Å². The van der Waals surface area contributed by atoms with E-state index in [-0.39, 0.29) is 28.9 Å². The van der Waals surface area contributed by atoms with Gasteiger partial charge in [-0.25, -0.2) is 0 Å². The van der Waals surface area contributed by atoms with Crippen molar-refractivity contribution in [3.8, 4) is 23.0 Å². The van der Waals surface area contributed by atoms with Crippen molar-refractivity contribution in [2.45, 2.75) is 33.6 Å². The van der Waals surface area contributed by atoms with Crippen LogP contribution in [0.2, 0.25) is 0 Å². The van der Waals surface area contributed by atoms with Crippen molar-refractivity contribution in [1.29, 1.82) is 0 Å². The normalized spacial score (nSPS) is 10.8. The number of hydrogen-bond donors (Lipinski definition) is 1. The molecule has 0 radical (unpaired) electrons. The third-order valence-electron chi connectivity index (χ3n) is 4.72. The number of para-hydroxylation sites is 1. The Balaban J connectivity index is 2.06. The predicted molar refractivity (Wildman–Crippen MR) is 117 cm³/mol. The molecule has 32 heavy (non-hydrogen) atoms. The molecule has 1 N–H and O–H groups in total. The number of nitro groups is 1. The standard InChI is InChI=1S/C22H24N4O6/c1-6-31-18-10-15(16(26(28)29)11-17(18)30-5)21(27)23-19-13(4)8-7-9-14(19)22-24-20(12(2)3)25-32-22/h7-12H,6H2,1-5H3,(H,23,27). The number of aryl methyl sites for hydroxylation is 1. The van der Waals surface area contributed by atoms with Gasteiger partial charge in [0.2, 0.25) is 0 Å². The topological polar surface area (TPSA) is 130 Å². The van der Waals surface area contributed by atoms with E-state index in [0.29, 0.717) is 23.7 Å². The summed E-state index contributed by atoms with van der Waals surface area (Å²) in [6.07, 6.45) is 0. The van der Waals surface area contributed by atoms with E-state index < -0.39 is 16.5 Å². The molecule has 0 spiro atoms. The van der Waals surface area contributed by atoms with Crippen LogP contribution < -0.4 is 14.8 Å². The van der Waals surface area contributed by atoms with Crippen LogP contribution in [0, 0.1) is 17.0 Å². The fraction of sp³-hybridized carbons (Fsp3) is 0.318. The Labute approximate surface area is 184 Å². The second-order valence-electron chi connectivity index (χ2n) is 7.27. The summed E-state index contributed by atoms with van der Waals surface area (Å²) in [5.41, 5.74) is 1.08. The smallest absolute Gasteiger partial charge is 0.286 e. The van der Waals surface area contributed by atoms with E-state index >= 15 is 0 Å². The van der Waals surface area contributed by atoms with E-state index in [0.717, 1.165) is 5.56 Å². The number of nitrogens with zero attached hydrogens (tertiary/aromatic N) is 3. The molecule has 1 aromatic heterocycles. The Morgan fingerprint density at radius 1 is 1.28 bits per heavy atom. The van der Waals surface area contributed by atoms with Crippen molar-refractivity contribution in [3.05, 3.63) is 57.4 Å². The quantitative estimate of drug-likeness (QED) is 0.393. The molecular formula is C22H24N4O6. The van der Waals surface area contributed by atoms with Gasteiger partial charge in [0.05, 0.1) is 36.0 Å². The molecule has 0 aliphatic carbocycles. The molecule has 0 saturated carbocycles. The van der Waals surface area contributed by atoms with Crippen LogP contribution in [0.25, 0.3) is 11.5 Å². The van der Waals surface area contributed by atoms with Crippen molar-refractivity contribution in [3.63, 3.8) is 0 Å². The number of carbonyl (C=O) groups is 1. The lowest BCUT2D eigenvalue weighted by Crippen LogP contribution is -2.16. The first-order valence-corrected chi connectivity index (χ1v) is 10.0. The second-order valence-corrected chi connectivity index (χ2v) is 7.27. The minimum absolute atomic E-state index is 0.0642. The Hall–Kier alpha value is -3.95. The van der Waals surface area contributed by atoms with Gasteiger partial charge in [-0.3, -0.25) is 14.9 Å². The molecule has 3 rings (SSSR count). The number of aromatic nitrogens is 2. The van der Waals surface area contributed by atoms with E-state index in [1.54, 1.807) is 32.0 Å². The second kappa shape index (κ2) is 9.46. The molecule has 10 heteroatoms. The molecule has 0 unspecified atom stereocenters. The lowest BCUT2D eigenvalue weighted by molar-refractivity contribution is -0.385. The molecular weight excluding hydrogens is 416 g/mol. The highest BCUT2D eigenvalue weighted by Crippen LogP contribution is 2.36. The first-order valence-electron chi connectivity index (χ1n) is 10.0. The van der Waals surface area contributed by atoms with Gasteiger partial charge in [-0.05, 0) is 25.5 Å². The molecule has 1 amide bonds. The van der Waals surface area contributed by atoms with Crippen LogP contribution in [0.15, 0.2) is 34.9 Å². The summed E-state index contributed by atoms with van der Waals surface area (Å²) in [5, 5.41) is 18.4. The fourth-order valence-corrected chi connectivity index (χ4v) is 3.08. The number of carbonyl (C=O) groups excluding carboxylic acids is 1. The molecule has 3 aromatic rings. The number of amides is 1. The average Bonchev–Trinajstić information content (AvgIpc) is 3.25. The zero-order valence-corrected chi connectivity index (χ0v) is 18.5. The van der Waals surface area contributed by atoms with Crippen molar-refractivity contribution in [2.24, 2.45) is 0 Å². The van der Waals surface area contributed by atoms with E-state index in [2.05, 4.69) is 15.5 Å².